The highest BCUT2D eigenvalue weighted by atomic mass is 35.5. The molecule has 1 aromatic heterocycles. The van der Waals surface area contributed by atoms with Gasteiger partial charge >= 0.3 is 0 Å². The van der Waals surface area contributed by atoms with Gasteiger partial charge in [0.1, 0.15) is 6.10 Å². The zero-order valence-electron chi connectivity index (χ0n) is 7.66. The van der Waals surface area contributed by atoms with Crippen molar-refractivity contribution in [1.82, 2.24) is 0 Å². The third kappa shape index (κ3) is 2.35. The number of hydrogen-bond acceptors (Lipinski definition) is 3. The van der Waals surface area contributed by atoms with Gasteiger partial charge < -0.3 is 4.74 Å². The number of carbonyl (C=O) groups is 1. The Labute approximate surface area is 91.8 Å². The lowest BCUT2D eigenvalue weighted by Crippen LogP contribution is -2.20. The quantitative estimate of drug-likeness (QED) is 0.798. The molecule has 0 N–H and O–H groups in total. The number of hydrogen-bond donors (Lipinski definition) is 0. The normalized spacial score (nSPS) is 21.4. The van der Waals surface area contributed by atoms with Crippen LogP contribution in [0.3, 0.4) is 0 Å². The summed E-state index contributed by atoms with van der Waals surface area (Å²) in [5, 5.41) is 0. The third-order valence-electron chi connectivity index (χ3n) is 2.27. The summed E-state index contributed by atoms with van der Waals surface area (Å²) in [7, 11) is 0. The molecule has 1 atom stereocenters. The molecule has 0 saturated carbocycles. The van der Waals surface area contributed by atoms with E-state index in [0.717, 1.165) is 28.7 Å². The Morgan fingerprint density at radius 2 is 2.50 bits per heavy atom. The zero-order chi connectivity index (χ0) is 9.97. The van der Waals surface area contributed by atoms with E-state index in [4.69, 9.17) is 16.3 Å². The van der Waals surface area contributed by atoms with E-state index in [1.807, 2.05) is 12.1 Å². The molecule has 0 bridgehead atoms. The van der Waals surface area contributed by atoms with Crippen molar-refractivity contribution in [2.75, 3.05) is 6.61 Å². The molecule has 2 rings (SSSR count). The molecule has 0 radical (unpaired) electrons. The summed E-state index contributed by atoms with van der Waals surface area (Å²) in [6, 6.07) is 3.73. The fraction of sp³-hybridized carbons (Fsp3) is 0.500. The van der Waals surface area contributed by atoms with Crippen LogP contribution < -0.4 is 0 Å². The van der Waals surface area contributed by atoms with E-state index < -0.39 is 0 Å². The van der Waals surface area contributed by atoms with Crippen LogP contribution in [0.5, 0.6) is 0 Å². The fourth-order valence-corrected chi connectivity index (χ4v) is 2.66. The predicted molar refractivity (Wildman–Crippen MR) is 57.0 cm³/mol. The molecule has 0 aliphatic carbocycles. The Balaban J connectivity index is 1.93. The van der Waals surface area contributed by atoms with Gasteiger partial charge in [-0.2, -0.15) is 0 Å². The Morgan fingerprint density at radius 3 is 3.07 bits per heavy atom. The maximum absolute atomic E-state index is 11.7. The number of halogens is 1. The number of rotatable bonds is 3. The van der Waals surface area contributed by atoms with Crippen LogP contribution in [0.15, 0.2) is 12.1 Å². The molecule has 2 heterocycles. The summed E-state index contributed by atoms with van der Waals surface area (Å²) in [5.74, 6) is 0.181. The maximum Gasteiger partial charge on any atom is 0.166 e. The molecule has 0 aromatic carbocycles. The molecule has 1 saturated heterocycles. The van der Waals surface area contributed by atoms with Crippen LogP contribution in [0.25, 0.3) is 0 Å². The van der Waals surface area contributed by atoms with Gasteiger partial charge in [0, 0.05) is 17.9 Å². The largest absolute Gasteiger partial charge is 0.370 e. The van der Waals surface area contributed by atoms with Gasteiger partial charge in [0.2, 0.25) is 0 Å². The smallest absolute Gasteiger partial charge is 0.166 e. The number of ether oxygens (including phenoxy) is 1. The maximum atomic E-state index is 11.7. The van der Waals surface area contributed by atoms with E-state index in [-0.39, 0.29) is 11.9 Å². The first kappa shape index (κ1) is 10.1. The van der Waals surface area contributed by atoms with Crippen molar-refractivity contribution in [3.05, 3.63) is 21.3 Å². The van der Waals surface area contributed by atoms with Gasteiger partial charge in [-0.1, -0.05) is 11.6 Å². The Morgan fingerprint density at radius 1 is 1.64 bits per heavy atom. The first-order valence-electron chi connectivity index (χ1n) is 4.64. The van der Waals surface area contributed by atoms with Gasteiger partial charge in [-0.25, -0.2) is 0 Å². The number of carbonyl (C=O) groups excluding carboxylic acids is 1. The van der Waals surface area contributed by atoms with Gasteiger partial charge in [-0.05, 0) is 25.0 Å². The highest BCUT2D eigenvalue weighted by molar-refractivity contribution is 7.16. The lowest BCUT2D eigenvalue weighted by atomic mass is 10.1. The molecule has 1 unspecified atom stereocenters. The minimum Gasteiger partial charge on any atom is -0.370 e. The van der Waals surface area contributed by atoms with Gasteiger partial charge in [0.05, 0.1) is 4.34 Å². The van der Waals surface area contributed by atoms with Crippen molar-refractivity contribution in [2.45, 2.75) is 25.4 Å². The minimum absolute atomic E-state index is 0.170. The highest BCUT2D eigenvalue weighted by Gasteiger charge is 2.23. The molecular weight excluding hydrogens is 220 g/mol. The van der Waals surface area contributed by atoms with Gasteiger partial charge in [0.25, 0.3) is 0 Å². The number of ketones is 1. The van der Waals surface area contributed by atoms with E-state index in [2.05, 4.69) is 0 Å². The summed E-state index contributed by atoms with van der Waals surface area (Å²) < 4.78 is 6.05. The Bertz CT molecular complexity index is 329. The van der Waals surface area contributed by atoms with Gasteiger partial charge in [0.15, 0.2) is 5.78 Å². The molecule has 1 aliphatic rings. The summed E-state index contributed by atoms with van der Waals surface area (Å²) in [5.41, 5.74) is 0. The van der Waals surface area contributed by atoms with Crippen molar-refractivity contribution in [3.8, 4) is 0 Å². The first-order chi connectivity index (χ1) is 6.75. The van der Waals surface area contributed by atoms with Crippen LogP contribution in [0, 0.1) is 0 Å². The van der Waals surface area contributed by atoms with Crippen LogP contribution in [-0.2, 0) is 16.0 Å². The second kappa shape index (κ2) is 4.43. The van der Waals surface area contributed by atoms with Crippen LogP contribution in [0.2, 0.25) is 4.34 Å². The van der Waals surface area contributed by atoms with Crippen LogP contribution in [-0.4, -0.2) is 18.5 Å². The predicted octanol–water partition coefficient (Wildman–Crippen LogP) is 2.69. The average Bonchev–Trinajstić information content (AvgIpc) is 2.75. The van der Waals surface area contributed by atoms with Crippen LogP contribution in [0.4, 0.5) is 0 Å². The standard InChI is InChI=1S/C10H11ClO2S/c11-10-4-3-7(14-10)6-8(12)9-2-1-5-13-9/h3-4,9H,1-2,5-6H2. The molecule has 76 valence electrons. The molecule has 0 spiro atoms. The lowest BCUT2D eigenvalue weighted by Gasteiger charge is -2.06. The van der Waals surface area contributed by atoms with Gasteiger partial charge in [-0.3, -0.25) is 4.79 Å². The van der Waals surface area contributed by atoms with Crippen molar-refractivity contribution < 1.29 is 9.53 Å². The van der Waals surface area contributed by atoms with E-state index in [1.165, 1.54) is 11.3 Å². The van der Waals surface area contributed by atoms with Crippen molar-refractivity contribution in [2.24, 2.45) is 0 Å². The lowest BCUT2D eigenvalue weighted by molar-refractivity contribution is -0.127. The SMILES string of the molecule is O=C(Cc1ccc(Cl)s1)C1CCCO1. The summed E-state index contributed by atoms with van der Waals surface area (Å²) in [6.45, 7) is 0.724. The molecule has 1 fully saturated rings. The molecule has 1 aromatic rings. The topological polar surface area (TPSA) is 26.3 Å². The second-order valence-corrected chi connectivity index (χ2v) is 5.15. The summed E-state index contributed by atoms with van der Waals surface area (Å²) in [4.78, 5) is 12.7. The average molecular weight is 231 g/mol. The number of Topliss-reactive ketones (excluding diaryl/α,β-unsaturated/α-hetero) is 1. The summed E-state index contributed by atoms with van der Waals surface area (Å²) in [6.07, 6.45) is 2.16. The zero-order valence-corrected chi connectivity index (χ0v) is 9.24. The number of thiophene rings is 1. The second-order valence-electron chi connectivity index (χ2n) is 3.35. The van der Waals surface area contributed by atoms with E-state index >= 15 is 0 Å². The molecule has 1 aliphatic heterocycles. The Kier molecular flexibility index (Phi) is 3.21. The van der Waals surface area contributed by atoms with E-state index in [1.54, 1.807) is 0 Å². The molecule has 2 nitrogen and oxygen atoms in total. The molecular formula is C10H11ClO2S. The highest BCUT2D eigenvalue weighted by Crippen LogP contribution is 2.23. The molecule has 0 amide bonds. The van der Waals surface area contributed by atoms with Gasteiger partial charge in [-0.15, -0.1) is 11.3 Å². The molecule has 4 heteroatoms. The third-order valence-corrected chi connectivity index (χ3v) is 3.50. The summed E-state index contributed by atoms with van der Waals surface area (Å²) >= 11 is 7.24. The van der Waals surface area contributed by atoms with Crippen LogP contribution in [0.1, 0.15) is 17.7 Å². The van der Waals surface area contributed by atoms with Crippen LogP contribution >= 0.6 is 22.9 Å². The van der Waals surface area contributed by atoms with E-state index in [0.29, 0.717) is 6.42 Å². The Hall–Kier alpha value is -0.380. The minimum atomic E-state index is -0.170. The first-order valence-corrected chi connectivity index (χ1v) is 5.83. The molecule has 14 heavy (non-hydrogen) atoms. The van der Waals surface area contributed by atoms with E-state index in [9.17, 15) is 4.79 Å². The monoisotopic (exact) mass is 230 g/mol. The van der Waals surface area contributed by atoms with Crippen molar-refractivity contribution in [3.63, 3.8) is 0 Å². The van der Waals surface area contributed by atoms with Crippen molar-refractivity contribution >= 4 is 28.7 Å². The fourth-order valence-electron chi connectivity index (χ4n) is 1.56. The van der Waals surface area contributed by atoms with Crippen molar-refractivity contribution in [1.29, 1.82) is 0 Å².